The van der Waals surface area contributed by atoms with E-state index in [1.54, 1.807) is 24.3 Å². The van der Waals surface area contributed by atoms with Gasteiger partial charge in [-0.3, -0.25) is 4.79 Å². The summed E-state index contributed by atoms with van der Waals surface area (Å²) in [6.07, 6.45) is 3.48. The summed E-state index contributed by atoms with van der Waals surface area (Å²) in [5.74, 6) is -0.472. The molecule has 0 aliphatic carbocycles. The quantitative estimate of drug-likeness (QED) is 0.308. The molecule has 1 rings (SSSR count). The molecule has 1 aromatic carbocycles. The molecule has 0 bridgehead atoms. The lowest BCUT2D eigenvalue weighted by Gasteiger charge is -2.28. The lowest BCUT2D eigenvalue weighted by molar-refractivity contribution is -0.144. The standard InChI is InChI=1S/C17H28N2O5S/c1-2-3-10-17(16(20)21,19-25(22)23)13-14-6-8-15(9-7-14)24-12-5-4-11-18/h6-9,25H,2-5,10-13,18H2,1H3,(H,20,21)(H,19,22,23)/t17-/m0/s1. The number of unbranched alkanes of at least 4 members (excludes halogenated alkanes) is 2. The van der Waals surface area contributed by atoms with Crippen LogP contribution in [0.2, 0.25) is 0 Å². The molecule has 0 heterocycles. The van der Waals surface area contributed by atoms with Crippen molar-refractivity contribution in [1.82, 2.24) is 4.72 Å². The fourth-order valence-corrected chi connectivity index (χ4v) is 3.19. The van der Waals surface area contributed by atoms with Crippen LogP contribution in [-0.2, 0) is 22.1 Å². The van der Waals surface area contributed by atoms with E-state index in [1.165, 1.54) is 0 Å². The highest BCUT2D eigenvalue weighted by molar-refractivity contribution is 7.70. The Kier molecular flexibility index (Phi) is 9.48. The molecule has 7 nitrogen and oxygen atoms in total. The second-order valence-electron chi connectivity index (χ2n) is 6.02. The zero-order chi connectivity index (χ0) is 18.7. The van der Waals surface area contributed by atoms with Crippen LogP contribution in [0.25, 0.3) is 0 Å². The van der Waals surface area contributed by atoms with Gasteiger partial charge in [0.25, 0.3) is 0 Å². The SMILES string of the molecule is CCCC[C@@](Cc1ccc(OCCCCN)cc1)(N[SH](=O)=O)C(=O)O. The van der Waals surface area contributed by atoms with Crippen molar-refractivity contribution in [3.05, 3.63) is 29.8 Å². The molecule has 0 aliphatic heterocycles. The monoisotopic (exact) mass is 372 g/mol. The molecule has 0 amide bonds. The van der Waals surface area contributed by atoms with Crippen molar-refractivity contribution in [3.8, 4) is 5.75 Å². The van der Waals surface area contributed by atoms with Gasteiger partial charge in [0.05, 0.1) is 6.61 Å². The third-order valence-electron chi connectivity index (χ3n) is 3.97. The molecule has 1 atom stereocenters. The molecular weight excluding hydrogens is 344 g/mol. The second-order valence-corrected chi connectivity index (χ2v) is 6.76. The molecule has 0 saturated carbocycles. The second kappa shape index (κ2) is 11.1. The summed E-state index contributed by atoms with van der Waals surface area (Å²) in [4.78, 5) is 11.8. The van der Waals surface area contributed by atoms with Crippen LogP contribution < -0.4 is 15.2 Å². The fraction of sp³-hybridized carbons (Fsp3) is 0.588. The summed E-state index contributed by atoms with van der Waals surface area (Å²) in [7, 11) is -3.02. The molecule has 0 fully saturated rings. The van der Waals surface area contributed by atoms with E-state index in [4.69, 9.17) is 10.5 Å². The normalized spacial score (nSPS) is 13.6. The van der Waals surface area contributed by atoms with E-state index in [9.17, 15) is 18.3 Å². The third kappa shape index (κ3) is 7.41. The smallest absolute Gasteiger partial charge is 0.325 e. The van der Waals surface area contributed by atoms with Crippen molar-refractivity contribution in [2.75, 3.05) is 13.2 Å². The average molecular weight is 372 g/mol. The first-order valence-electron chi connectivity index (χ1n) is 8.51. The van der Waals surface area contributed by atoms with Crippen molar-refractivity contribution in [2.24, 2.45) is 5.73 Å². The third-order valence-corrected chi connectivity index (χ3v) is 4.58. The number of thiol groups is 1. The summed E-state index contributed by atoms with van der Waals surface area (Å²) in [5.41, 5.74) is 4.64. The minimum atomic E-state index is -3.02. The molecule has 0 spiro atoms. The van der Waals surface area contributed by atoms with E-state index in [-0.39, 0.29) is 12.8 Å². The van der Waals surface area contributed by atoms with Crippen LogP contribution in [-0.4, -0.2) is 38.2 Å². The number of carbonyl (C=O) groups is 1. The predicted molar refractivity (Wildman–Crippen MR) is 97.3 cm³/mol. The van der Waals surface area contributed by atoms with E-state index in [0.29, 0.717) is 25.3 Å². The van der Waals surface area contributed by atoms with Gasteiger partial charge in [0.15, 0.2) is 0 Å². The maximum absolute atomic E-state index is 11.8. The number of carboxylic acids is 1. The molecular formula is C17H28N2O5S. The fourth-order valence-electron chi connectivity index (χ4n) is 2.56. The van der Waals surface area contributed by atoms with Gasteiger partial charge in [0.1, 0.15) is 11.3 Å². The van der Waals surface area contributed by atoms with Gasteiger partial charge in [-0.05, 0) is 43.5 Å². The van der Waals surface area contributed by atoms with Crippen LogP contribution in [0, 0.1) is 0 Å². The molecule has 4 N–H and O–H groups in total. The Hall–Kier alpha value is -1.64. The zero-order valence-corrected chi connectivity index (χ0v) is 15.5. The topological polar surface area (TPSA) is 119 Å². The Morgan fingerprint density at radius 1 is 1.24 bits per heavy atom. The largest absolute Gasteiger partial charge is 0.494 e. The number of hydrogen-bond acceptors (Lipinski definition) is 5. The first kappa shape index (κ1) is 21.4. The number of hydrogen-bond donors (Lipinski definition) is 4. The zero-order valence-electron chi connectivity index (χ0n) is 14.6. The van der Waals surface area contributed by atoms with Crippen molar-refractivity contribution >= 4 is 16.9 Å². The van der Waals surface area contributed by atoms with E-state index >= 15 is 0 Å². The van der Waals surface area contributed by atoms with E-state index in [2.05, 4.69) is 4.72 Å². The first-order chi connectivity index (χ1) is 11.9. The van der Waals surface area contributed by atoms with Gasteiger partial charge in [-0.2, -0.15) is 4.72 Å². The Morgan fingerprint density at radius 3 is 2.44 bits per heavy atom. The molecule has 8 heteroatoms. The first-order valence-corrected chi connectivity index (χ1v) is 9.68. The van der Waals surface area contributed by atoms with Crippen molar-refractivity contribution < 1.29 is 23.1 Å². The maximum atomic E-state index is 11.8. The summed E-state index contributed by atoms with van der Waals surface area (Å²) < 4.78 is 30.1. The number of nitrogens with one attached hydrogen (secondary N) is 1. The molecule has 1 aromatic rings. The Bertz CT molecular complexity index is 596. The van der Waals surface area contributed by atoms with Crippen LogP contribution >= 0.6 is 0 Å². The molecule has 25 heavy (non-hydrogen) atoms. The van der Waals surface area contributed by atoms with Crippen molar-refractivity contribution in [3.63, 3.8) is 0 Å². The summed E-state index contributed by atoms with van der Waals surface area (Å²) in [6, 6.07) is 7.06. The Balaban J connectivity index is 2.83. The highest BCUT2D eigenvalue weighted by Gasteiger charge is 2.38. The van der Waals surface area contributed by atoms with E-state index < -0.39 is 22.4 Å². The van der Waals surface area contributed by atoms with E-state index in [1.807, 2.05) is 6.92 Å². The van der Waals surface area contributed by atoms with Crippen molar-refractivity contribution in [2.45, 2.75) is 51.0 Å². The van der Waals surface area contributed by atoms with Crippen LogP contribution in [0.5, 0.6) is 5.75 Å². The van der Waals surface area contributed by atoms with Crippen LogP contribution in [0.4, 0.5) is 0 Å². The van der Waals surface area contributed by atoms with Crippen molar-refractivity contribution in [1.29, 1.82) is 0 Å². The minimum Gasteiger partial charge on any atom is -0.494 e. The van der Waals surface area contributed by atoms with Gasteiger partial charge >= 0.3 is 5.97 Å². The van der Waals surface area contributed by atoms with Crippen LogP contribution in [0.15, 0.2) is 24.3 Å². The number of carboxylic acid groups (broad SMARTS) is 1. The lowest BCUT2D eigenvalue weighted by atomic mass is 9.87. The van der Waals surface area contributed by atoms with Gasteiger partial charge in [-0.15, -0.1) is 0 Å². The number of nitrogens with two attached hydrogens (primary N) is 1. The van der Waals surface area contributed by atoms with Gasteiger partial charge in [0, 0.05) is 6.42 Å². The number of ether oxygens (including phenoxy) is 1. The molecule has 0 unspecified atom stereocenters. The lowest BCUT2D eigenvalue weighted by Crippen LogP contribution is -2.53. The Morgan fingerprint density at radius 2 is 1.92 bits per heavy atom. The predicted octanol–water partition coefficient (Wildman–Crippen LogP) is 1.48. The number of benzene rings is 1. The molecule has 0 aromatic heterocycles. The Labute approximate surface area is 150 Å². The number of rotatable bonds is 13. The van der Waals surface area contributed by atoms with Gasteiger partial charge < -0.3 is 15.6 Å². The summed E-state index contributed by atoms with van der Waals surface area (Å²) in [6.45, 7) is 3.14. The van der Waals surface area contributed by atoms with Gasteiger partial charge in [0.2, 0.25) is 10.9 Å². The summed E-state index contributed by atoms with van der Waals surface area (Å²) in [5, 5.41) is 9.62. The number of aliphatic carboxylic acids is 1. The van der Waals surface area contributed by atoms with E-state index in [0.717, 1.165) is 24.8 Å². The van der Waals surface area contributed by atoms with Gasteiger partial charge in [-0.25, -0.2) is 8.42 Å². The maximum Gasteiger partial charge on any atom is 0.325 e. The highest BCUT2D eigenvalue weighted by atomic mass is 32.2. The molecule has 142 valence electrons. The molecule has 0 radical (unpaired) electrons. The van der Waals surface area contributed by atoms with Gasteiger partial charge in [-0.1, -0.05) is 31.9 Å². The molecule has 0 saturated heterocycles. The minimum absolute atomic E-state index is 0.0824. The van der Waals surface area contributed by atoms with Crippen LogP contribution in [0.3, 0.4) is 0 Å². The van der Waals surface area contributed by atoms with Crippen LogP contribution in [0.1, 0.15) is 44.6 Å². The highest BCUT2D eigenvalue weighted by Crippen LogP contribution is 2.23. The summed E-state index contributed by atoms with van der Waals surface area (Å²) >= 11 is 0. The average Bonchev–Trinajstić information content (AvgIpc) is 2.57. The molecule has 0 aliphatic rings.